The van der Waals surface area contributed by atoms with E-state index >= 15 is 0 Å². The summed E-state index contributed by atoms with van der Waals surface area (Å²) in [4.78, 5) is 13.4. The highest BCUT2D eigenvalue weighted by molar-refractivity contribution is 7.89. The predicted octanol–water partition coefficient (Wildman–Crippen LogP) is 0.924. The smallest absolute Gasteiger partial charge is 0.266 e. The molecule has 0 spiro atoms. The molecule has 0 radical (unpaired) electrons. The molecule has 7 heteroatoms. The van der Waals surface area contributed by atoms with Gasteiger partial charge in [-0.15, -0.1) is 4.83 Å². The van der Waals surface area contributed by atoms with Crippen molar-refractivity contribution in [3.05, 3.63) is 34.9 Å². The molecule has 5 nitrogen and oxygen atoms in total. The number of benzene rings is 1. The maximum atomic E-state index is 11.4. The molecule has 1 aromatic rings. The second-order valence-corrected chi connectivity index (χ2v) is 5.41. The first-order valence-corrected chi connectivity index (χ1v) is 6.53. The summed E-state index contributed by atoms with van der Waals surface area (Å²) in [6.07, 6.45) is 0. The van der Waals surface area contributed by atoms with Gasteiger partial charge in [0.25, 0.3) is 5.91 Å². The Balaban J connectivity index is 2.63. The number of nitrogens with one attached hydrogen (secondary N) is 2. The van der Waals surface area contributed by atoms with Crippen LogP contribution in [0.15, 0.2) is 24.3 Å². The standard InChI is InChI=1S/C9H11ClN2O3S/c1-2-16(14,15)12-11-9(13)7-3-5-8(10)6-4-7/h3-6,12H,2H2,1H3,(H,11,13). The fourth-order valence-corrected chi connectivity index (χ4v) is 1.39. The number of rotatable bonds is 4. The summed E-state index contributed by atoms with van der Waals surface area (Å²) in [6, 6.07) is 6.09. The normalized spacial score (nSPS) is 11.1. The van der Waals surface area contributed by atoms with Crippen LogP contribution >= 0.6 is 11.6 Å². The number of sulfonamides is 1. The average molecular weight is 263 g/mol. The van der Waals surface area contributed by atoms with Gasteiger partial charge >= 0.3 is 0 Å². The van der Waals surface area contributed by atoms with Crippen LogP contribution < -0.4 is 10.3 Å². The Bertz CT molecular complexity index is 470. The third-order valence-corrected chi connectivity index (χ3v) is 3.23. The quantitative estimate of drug-likeness (QED) is 0.793. The minimum Gasteiger partial charge on any atom is -0.274 e. The van der Waals surface area contributed by atoms with Gasteiger partial charge < -0.3 is 0 Å². The van der Waals surface area contributed by atoms with Crippen molar-refractivity contribution in [3.8, 4) is 0 Å². The molecule has 88 valence electrons. The van der Waals surface area contributed by atoms with Crippen molar-refractivity contribution in [2.45, 2.75) is 6.92 Å². The van der Waals surface area contributed by atoms with Crippen molar-refractivity contribution in [3.63, 3.8) is 0 Å². The summed E-state index contributed by atoms with van der Waals surface area (Å²) in [6.45, 7) is 1.47. The van der Waals surface area contributed by atoms with Gasteiger partial charge in [-0.3, -0.25) is 10.2 Å². The van der Waals surface area contributed by atoms with Crippen molar-refractivity contribution in [1.29, 1.82) is 0 Å². The monoisotopic (exact) mass is 262 g/mol. The number of hydrogen-bond donors (Lipinski definition) is 2. The van der Waals surface area contributed by atoms with Gasteiger partial charge in [0.1, 0.15) is 0 Å². The Morgan fingerprint density at radius 3 is 2.38 bits per heavy atom. The van der Waals surface area contributed by atoms with Gasteiger partial charge in [0.05, 0.1) is 5.75 Å². The number of hydrogen-bond acceptors (Lipinski definition) is 3. The van der Waals surface area contributed by atoms with Gasteiger partial charge in [-0.1, -0.05) is 11.6 Å². The fraction of sp³-hybridized carbons (Fsp3) is 0.222. The maximum Gasteiger partial charge on any atom is 0.266 e. The molecule has 0 saturated heterocycles. The van der Waals surface area contributed by atoms with Gasteiger partial charge in [0.2, 0.25) is 10.0 Å². The summed E-state index contributed by atoms with van der Waals surface area (Å²) < 4.78 is 22.1. The van der Waals surface area contributed by atoms with Crippen LogP contribution in [0.1, 0.15) is 17.3 Å². The zero-order chi connectivity index (χ0) is 12.2. The first-order valence-electron chi connectivity index (χ1n) is 4.50. The van der Waals surface area contributed by atoms with Crippen LogP contribution in [0.25, 0.3) is 0 Å². The third kappa shape index (κ3) is 3.80. The van der Waals surface area contributed by atoms with Crippen LogP contribution in [0.4, 0.5) is 0 Å². The topological polar surface area (TPSA) is 75.3 Å². The lowest BCUT2D eigenvalue weighted by Crippen LogP contribution is -2.42. The maximum absolute atomic E-state index is 11.4. The minimum atomic E-state index is -3.44. The molecule has 0 aliphatic rings. The Morgan fingerprint density at radius 1 is 1.31 bits per heavy atom. The molecule has 0 fully saturated rings. The van der Waals surface area contributed by atoms with Crippen molar-refractivity contribution in [2.75, 3.05) is 5.75 Å². The highest BCUT2D eigenvalue weighted by atomic mass is 35.5. The highest BCUT2D eigenvalue weighted by Crippen LogP contribution is 2.08. The van der Waals surface area contributed by atoms with E-state index in [4.69, 9.17) is 11.6 Å². The van der Waals surface area contributed by atoms with E-state index in [2.05, 4.69) is 5.43 Å². The van der Waals surface area contributed by atoms with Gasteiger partial charge in [-0.05, 0) is 31.2 Å². The van der Waals surface area contributed by atoms with Crippen LogP contribution in [0, 0.1) is 0 Å². The molecule has 2 N–H and O–H groups in total. The van der Waals surface area contributed by atoms with Gasteiger partial charge in [-0.2, -0.15) is 0 Å². The number of halogens is 1. The van der Waals surface area contributed by atoms with E-state index in [1.807, 2.05) is 4.83 Å². The number of carbonyl (C=O) groups excluding carboxylic acids is 1. The van der Waals surface area contributed by atoms with E-state index < -0.39 is 15.9 Å². The number of hydrazine groups is 1. The van der Waals surface area contributed by atoms with Crippen molar-refractivity contribution in [1.82, 2.24) is 10.3 Å². The SMILES string of the molecule is CCS(=O)(=O)NNC(=O)c1ccc(Cl)cc1. The molecule has 0 aliphatic carbocycles. The van der Waals surface area contributed by atoms with Crippen molar-refractivity contribution >= 4 is 27.5 Å². The summed E-state index contributed by atoms with van der Waals surface area (Å²) in [5.74, 6) is -0.637. The van der Waals surface area contributed by atoms with E-state index in [1.165, 1.54) is 19.1 Å². The van der Waals surface area contributed by atoms with Crippen LogP contribution in [-0.2, 0) is 10.0 Å². The Hall–Kier alpha value is -1.11. The zero-order valence-electron chi connectivity index (χ0n) is 8.53. The highest BCUT2D eigenvalue weighted by Gasteiger charge is 2.09. The molecule has 1 aromatic carbocycles. The summed E-state index contributed by atoms with van der Waals surface area (Å²) >= 11 is 5.65. The molecule has 1 amide bonds. The molecule has 0 bridgehead atoms. The second kappa shape index (κ2) is 5.29. The molecular formula is C9H11ClN2O3S. The molecule has 0 heterocycles. The van der Waals surface area contributed by atoms with Gasteiger partial charge in [0.15, 0.2) is 0 Å². The lowest BCUT2D eigenvalue weighted by Gasteiger charge is -2.06. The Labute approximate surface area is 98.8 Å². The zero-order valence-corrected chi connectivity index (χ0v) is 10.1. The lowest BCUT2D eigenvalue weighted by molar-refractivity contribution is 0.0945. The van der Waals surface area contributed by atoms with Crippen molar-refractivity contribution < 1.29 is 13.2 Å². The van der Waals surface area contributed by atoms with Gasteiger partial charge in [0, 0.05) is 10.6 Å². The van der Waals surface area contributed by atoms with Crippen molar-refractivity contribution in [2.24, 2.45) is 0 Å². The van der Waals surface area contributed by atoms with Crippen LogP contribution in [-0.4, -0.2) is 20.1 Å². The molecular weight excluding hydrogens is 252 g/mol. The first-order chi connectivity index (χ1) is 7.44. The van der Waals surface area contributed by atoms with E-state index in [0.717, 1.165) is 0 Å². The predicted molar refractivity (Wildman–Crippen MR) is 61.5 cm³/mol. The van der Waals surface area contributed by atoms with E-state index in [0.29, 0.717) is 10.6 Å². The Morgan fingerprint density at radius 2 is 1.88 bits per heavy atom. The van der Waals surface area contributed by atoms with Crippen LogP contribution in [0.5, 0.6) is 0 Å². The fourth-order valence-electron chi connectivity index (χ4n) is 0.870. The molecule has 0 aromatic heterocycles. The molecule has 0 aliphatic heterocycles. The molecule has 1 rings (SSSR count). The third-order valence-electron chi connectivity index (χ3n) is 1.81. The summed E-state index contributed by atoms with van der Waals surface area (Å²) in [7, 11) is -3.44. The van der Waals surface area contributed by atoms with Crippen LogP contribution in [0.3, 0.4) is 0 Å². The van der Waals surface area contributed by atoms with E-state index in [9.17, 15) is 13.2 Å². The van der Waals surface area contributed by atoms with Gasteiger partial charge in [-0.25, -0.2) is 8.42 Å². The number of carbonyl (C=O) groups is 1. The molecule has 16 heavy (non-hydrogen) atoms. The molecule has 0 saturated carbocycles. The molecule has 0 unspecified atom stereocenters. The van der Waals surface area contributed by atoms with E-state index in [1.54, 1.807) is 12.1 Å². The summed E-state index contributed by atoms with van der Waals surface area (Å²) in [5, 5.41) is 0.505. The first kappa shape index (κ1) is 13.0. The van der Waals surface area contributed by atoms with E-state index in [-0.39, 0.29) is 5.75 Å². The average Bonchev–Trinajstić information content (AvgIpc) is 2.27. The largest absolute Gasteiger partial charge is 0.274 e. The van der Waals surface area contributed by atoms with Crippen LogP contribution in [0.2, 0.25) is 5.02 Å². The Kier molecular flexibility index (Phi) is 4.28. The summed E-state index contributed by atoms with van der Waals surface area (Å²) in [5.41, 5.74) is 2.41. The second-order valence-electron chi connectivity index (χ2n) is 2.97. The minimum absolute atomic E-state index is 0.103. The lowest BCUT2D eigenvalue weighted by atomic mass is 10.2. The number of amides is 1. The molecule has 0 atom stereocenters.